The molecule has 0 unspecified atom stereocenters. The second-order valence-electron chi connectivity index (χ2n) is 8.84. The summed E-state index contributed by atoms with van der Waals surface area (Å²) in [4.78, 5) is 0. The van der Waals surface area contributed by atoms with Gasteiger partial charge in [0, 0.05) is 5.41 Å². The molecule has 3 rings (SSSR count). The number of rotatable bonds is 12. The van der Waals surface area contributed by atoms with E-state index in [9.17, 15) is 15.3 Å². The minimum Gasteiger partial charge on any atom is -0.491 e. The van der Waals surface area contributed by atoms with Crippen LogP contribution in [0.3, 0.4) is 0 Å². The second kappa shape index (κ2) is 12.4. The third-order valence-electron chi connectivity index (χ3n) is 5.85. The van der Waals surface area contributed by atoms with Gasteiger partial charge >= 0.3 is 0 Å². The van der Waals surface area contributed by atoms with Crippen molar-refractivity contribution in [3.8, 4) is 11.5 Å². The van der Waals surface area contributed by atoms with Crippen LogP contribution in [0.5, 0.6) is 11.5 Å². The summed E-state index contributed by atoms with van der Waals surface area (Å²) in [6.07, 6.45) is -1.50. The fourth-order valence-corrected chi connectivity index (χ4v) is 4.34. The molecular weight excluding hydrogens is 585 g/mol. The van der Waals surface area contributed by atoms with Crippen molar-refractivity contribution in [3.63, 3.8) is 0 Å². The average Bonchev–Trinajstić information content (AvgIpc) is 3.20. The lowest BCUT2D eigenvalue weighted by molar-refractivity contribution is 0.0866. The van der Waals surface area contributed by atoms with Crippen molar-refractivity contribution in [3.05, 3.63) is 68.5 Å². The van der Waals surface area contributed by atoms with E-state index in [1.807, 2.05) is 36.4 Å². The summed E-state index contributed by atoms with van der Waals surface area (Å²) in [5.74, 6) is 1.49. The van der Waals surface area contributed by atoms with Crippen LogP contribution in [0, 0.1) is 10.5 Å². The number of halogens is 2. The molecule has 3 N–H and O–H groups in total. The Labute approximate surface area is 224 Å². The summed E-state index contributed by atoms with van der Waals surface area (Å²) in [5, 5.41) is 37.3. The summed E-state index contributed by atoms with van der Waals surface area (Å²) in [7, 11) is 0. The van der Waals surface area contributed by atoms with Crippen molar-refractivity contribution in [2.75, 3.05) is 19.1 Å². The number of aliphatic hydroxyl groups excluding tert-OH is 3. The molecule has 1 aromatic heterocycles. The Morgan fingerprint density at radius 2 is 1.69 bits per heavy atom. The number of hydrogen-bond acceptors (Lipinski definition) is 7. The molecular formula is C25H31ClIN3O5. The monoisotopic (exact) mass is 615 g/mol. The van der Waals surface area contributed by atoms with Gasteiger partial charge in [-0.1, -0.05) is 37.3 Å². The maximum atomic E-state index is 10.3. The maximum absolute atomic E-state index is 10.3. The van der Waals surface area contributed by atoms with E-state index < -0.39 is 12.2 Å². The number of aryl methyl sites for hydroxylation is 1. The molecule has 3 aromatic rings. The van der Waals surface area contributed by atoms with E-state index in [4.69, 9.17) is 21.1 Å². The molecule has 2 aromatic carbocycles. The molecule has 10 heteroatoms. The van der Waals surface area contributed by atoms with Crippen LogP contribution in [0.25, 0.3) is 0 Å². The summed E-state index contributed by atoms with van der Waals surface area (Å²) in [6, 6.07) is 13.8. The molecule has 35 heavy (non-hydrogen) atoms. The number of alkyl halides is 1. The molecule has 0 spiro atoms. The second-order valence-corrected chi connectivity index (χ2v) is 10.3. The van der Waals surface area contributed by atoms with Crippen molar-refractivity contribution < 1.29 is 24.8 Å². The zero-order chi connectivity index (χ0) is 25.6. The first-order valence-electron chi connectivity index (χ1n) is 11.2. The molecule has 0 aliphatic carbocycles. The summed E-state index contributed by atoms with van der Waals surface area (Å²) in [6.45, 7) is 6.30. The predicted molar refractivity (Wildman–Crippen MR) is 142 cm³/mol. The number of aliphatic hydroxyl groups is 3. The minimum atomic E-state index is -0.800. The number of nitrogens with zero attached hydrogens (tertiary/aromatic N) is 3. The van der Waals surface area contributed by atoms with Crippen LogP contribution in [0.4, 0.5) is 0 Å². The van der Waals surface area contributed by atoms with Crippen molar-refractivity contribution in [1.29, 1.82) is 0 Å². The Kier molecular flexibility index (Phi) is 9.77. The lowest BCUT2D eigenvalue weighted by Gasteiger charge is -2.27. The van der Waals surface area contributed by atoms with Crippen LogP contribution >= 0.6 is 34.2 Å². The third kappa shape index (κ3) is 7.07. The van der Waals surface area contributed by atoms with Crippen LogP contribution in [0.2, 0.25) is 0 Å². The van der Waals surface area contributed by atoms with E-state index in [-0.39, 0.29) is 37.7 Å². The minimum absolute atomic E-state index is 0.0879. The van der Waals surface area contributed by atoms with Crippen LogP contribution in [0.1, 0.15) is 36.4 Å². The van der Waals surface area contributed by atoms with Gasteiger partial charge in [-0.3, -0.25) is 0 Å². The first-order valence-corrected chi connectivity index (χ1v) is 12.8. The van der Waals surface area contributed by atoms with Gasteiger partial charge in [0.1, 0.15) is 36.9 Å². The number of ether oxygens (including phenoxy) is 2. The fourth-order valence-electron chi connectivity index (χ4n) is 3.58. The summed E-state index contributed by atoms with van der Waals surface area (Å²) < 4.78 is 13.9. The van der Waals surface area contributed by atoms with Crippen LogP contribution in [0.15, 0.2) is 42.5 Å². The lowest BCUT2D eigenvalue weighted by Crippen LogP contribution is -2.25. The molecule has 190 valence electrons. The molecule has 0 fully saturated rings. The Morgan fingerprint density at radius 1 is 1.03 bits per heavy atom. The topological polar surface area (TPSA) is 110 Å². The molecule has 0 bridgehead atoms. The van der Waals surface area contributed by atoms with E-state index in [2.05, 4.69) is 52.8 Å². The highest BCUT2D eigenvalue weighted by Gasteiger charge is 2.24. The Hall–Kier alpha value is -1.92. The smallest absolute Gasteiger partial charge is 0.132 e. The highest BCUT2D eigenvalue weighted by Crippen LogP contribution is 2.35. The number of benzene rings is 2. The van der Waals surface area contributed by atoms with E-state index >= 15 is 0 Å². The average molecular weight is 616 g/mol. The molecule has 8 nitrogen and oxygen atoms in total. The molecule has 0 saturated heterocycles. The van der Waals surface area contributed by atoms with Gasteiger partial charge in [0.25, 0.3) is 0 Å². The molecule has 1 heterocycles. The van der Waals surface area contributed by atoms with Crippen molar-refractivity contribution in [1.82, 2.24) is 15.0 Å². The van der Waals surface area contributed by atoms with Gasteiger partial charge in [0.05, 0.1) is 34.0 Å². The van der Waals surface area contributed by atoms with E-state index in [1.54, 1.807) is 6.92 Å². The highest BCUT2D eigenvalue weighted by molar-refractivity contribution is 14.1. The fraction of sp³-hybridized carbons (Fsp3) is 0.440. The summed E-state index contributed by atoms with van der Waals surface area (Å²) >= 11 is 7.87. The first kappa shape index (κ1) is 27.7. The SMILES string of the molecule is Cc1nnn(C[C@@H](O)COc2ccc(C(C)(C)c3ccc(OC[C@@H](O)CCl)c(I)c3)cc2)c1CO. The van der Waals surface area contributed by atoms with Gasteiger partial charge in [-0.25, -0.2) is 4.68 Å². The zero-order valence-electron chi connectivity index (χ0n) is 20.0. The Balaban J connectivity index is 1.61. The van der Waals surface area contributed by atoms with Crippen LogP contribution in [-0.2, 0) is 18.6 Å². The lowest BCUT2D eigenvalue weighted by atomic mass is 9.78. The number of aromatic nitrogens is 3. The molecule has 0 aliphatic rings. The third-order valence-corrected chi connectivity index (χ3v) is 7.05. The molecule has 0 amide bonds. The molecule has 2 atom stereocenters. The van der Waals surface area contributed by atoms with Gasteiger partial charge < -0.3 is 24.8 Å². The van der Waals surface area contributed by atoms with Crippen LogP contribution < -0.4 is 9.47 Å². The normalized spacial score (nSPS) is 13.5. The van der Waals surface area contributed by atoms with E-state index in [1.165, 1.54) is 4.68 Å². The van der Waals surface area contributed by atoms with Crippen molar-refractivity contribution in [2.24, 2.45) is 0 Å². The van der Waals surface area contributed by atoms with Crippen molar-refractivity contribution >= 4 is 34.2 Å². The highest BCUT2D eigenvalue weighted by atomic mass is 127. The van der Waals surface area contributed by atoms with Gasteiger partial charge in [0.15, 0.2) is 0 Å². The first-order chi connectivity index (χ1) is 16.6. The van der Waals surface area contributed by atoms with Gasteiger partial charge in [-0.15, -0.1) is 16.7 Å². The zero-order valence-corrected chi connectivity index (χ0v) is 22.9. The van der Waals surface area contributed by atoms with Gasteiger partial charge in [0.2, 0.25) is 0 Å². The standard InChI is InChI=1S/C25H31ClIN3O5/c1-16-23(13-31)30(29-28-16)12-20(33)15-34-21-7-4-17(5-8-21)25(2,3)18-6-9-24(22(27)10-18)35-14-19(32)11-26/h4-10,19-20,31-33H,11-15H2,1-3H3/t19-,20+/m0/s1. The molecule has 0 aliphatic heterocycles. The van der Waals surface area contributed by atoms with Gasteiger partial charge in [-0.05, 0) is 64.9 Å². The molecule has 0 saturated carbocycles. The maximum Gasteiger partial charge on any atom is 0.132 e. The Morgan fingerprint density at radius 3 is 2.31 bits per heavy atom. The van der Waals surface area contributed by atoms with Crippen molar-refractivity contribution in [2.45, 2.75) is 51.5 Å². The predicted octanol–water partition coefficient (Wildman–Crippen LogP) is 3.43. The summed E-state index contributed by atoms with van der Waals surface area (Å²) in [5.41, 5.74) is 3.19. The van der Waals surface area contributed by atoms with E-state index in [0.29, 0.717) is 22.9 Å². The molecule has 0 radical (unpaired) electrons. The van der Waals surface area contributed by atoms with E-state index in [0.717, 1.165) is 14.7 Å². The number of hydrogen-bond donors (Lipinski definition) is 3. The Bertz CT molecular complexity index is 1110. The van der Waals surface area contributed by atoms with Gasteiger partial charge in [-0.2, -0.15) is 0 Å². The largest absolute Gasteiger partial charge is 0.491 e. The van der Waals surface area contributed by atoms with Crippen LogP contribution in [-0.4, -0.2) is 61.6 Å². The quantitative estimate of drug-likeness (QED) is 0.212.